The minimum absolute atomic E-state index is 0.372. The van der Waals surface area contributed by atoms with Gasteiger partial charge < -0.3 is 10.1 Å². The summed E-state index contributed by atoms with van der Waals surface area (Å²) >= 11 is 0. The number of hydrogen-bond acceptors (Lipinski definition) is 2. The molecule has 17 heavy (non-hydrogen) atoms. The Morgan fingerprint density at radius 3 is 2.76 bits per heavy atom. The third-order valence-electron chi connectivity index (χ3n) is 4.38. The maximum Gasteiger partial charge on any atom is 0.119 e. The SMILES string of the molecule is COc1cccc(C2(CNC3CC3)CC2C)c1. The molecule has 0 spiro atoms. The maximum absolute atomic E-state index is 5.33. The molecular formula is C15H21NO. The van der Waals surface area contributed by atoms with Crippen molar-refractivity contribution in [2.75, 3.05) is 13.7 Å². The van der Waals surface area contributed by atoms with Gasteiger partial charge in [-0.3, -0.25) is 0 Å². The number of ether oxygens (including phenoxy) is 1. The van der Waals surface area contributed by atoms with Crippen molar-refractivity contribution in [3.63, 3.8) is 0 Å². The van der Waals surface area contributed by atoms with E-state index >= 15 is 0 Å². The quantitative estimate of drug-likeness (QED) is 0.841. The molecule has 0 saturated heterocycles. The molecule has 2 saturated carbocycles. The van der Waals surface area contributed by atoms with E-state index in [9.17, 15) is 0 Å². The van der Waals surface area contributed by atoms with Crippen LogP contribution in [0.15, 0.2) is 24.3 Å². The molecule has 92 valence electrons. The van der Waals surface area contributed by atoms with Crippen molar-refractivity contribution in [3.05, 3.63) is 29.8 Å². The molecule has 0 heterocycles. The van der Waals surface area contributed by atoms with Crippen molar-refractivity contribution in [1.29, 1.82) is 0 Å². The van der Waals surface area contributed by atoms with E-state index in [1.54, 1.807) is 7.11 Å². The highest BCUT2D eigenvalue weighted by atomic mass is 16.5. The van der Waals surface area contributed by atoms with Crippen molar-refractivity contribution < 1.29 is 4.74 Å². The maximum atomic E-state index is 5.33. The van der Waals surface area contributed by atoms with E-state index in [4.69, 9.17) is 4.74 Å². The first kappa shape index (κ1) is 11.1. The molecule has 2 atom stereocenters. The smallest absolute Gasteiger partial charge is 0.119 e. The molecule has 2 nitrogen and oxygen atoms in total. The van der Waals surface area contributed by atoms with E-state index < -0.39 is 0 Å². The van der Waals surface area contributed by atoms with Gasteiger partial charge >= 0.3 is 0 Å². The fourth-order valence-corrected chi connectivity index (χ4v) is 2.78. The van der Waals surface area contributed by atoms with Crippen molar-refractivity contribution in [2.45, 2.75) is 37.6 Å². The fraction of sp³-hybridized carbons (Fsp3) is 0.600. The first-order valence-electron chi connectivity index (χ1n) is 6.62. The molecule has 0 aliphatic heterocycles. The monoisotopic (exact) mass is 231 g/mol. The first-order chi connectivity index (χ1) is 8.24. The van der Waals surface area contributed by atoms with Crippen molar-refractivity contribution in [3.8, 4) is 5.75 Å². The summed E-state index contributed by atoms with van der Waals surface area (Å²) in [5.41, 5.74) is 1.81. The van der Waals surface area contributed by atoms with E-state index in [2.05, 4.69) is 30.4 Å². The summed E-state index contributed by atoms with van der Waals surface area (Å²) in [6.45, 7) is 3.49. The Morgan fingerprint density at radius 2 is 2.18 bits per heavy atom. The summed E-state index contributed by atoms with van der Waals surface area (Å²) in [7, 11) is 1.74. The lowest BCUT2D eigenvalue weighted by Crippen LogP contribution is -2.29. The van der Waals surface area contributed by atoms with Gasteiger partial charge in [0.05, 0.1) is 7.11 Å². The van der Waals surface area contributed by atoms with E-state index in [0.29, 0.717) is 5.41 Å². The zero-order valence-electron chi connectivity index (χ0n) is 10.7. The summed E-state index contributed by atoms with van der Waals surface area (Å²) in [5.74, 6) is 1.77. The molecule has 1 aromatic rings. The first-order valence-corrected chi connectivity index (χ1v) is 6.62. The Labute approximate surface area is 103 Å². The third-order valence-corrected chi connectivity index (χ3v) is 4.38. The van der Waals surface area contributed by atoms with Crippen LogP contribution in [0.25, 0.3) is 0 Å². The van der Waals surface area contributed by atoms with Crippen LogP contribution in [0.4, 0.5) is 0 Å². The summed E-state index contributed by atoms with van der Waals surface area (Å²) in [4.78, 5) is 0. The molecule has 0 radical (unpaired) electrons. The molecule has 2 heteroatoms. The Kier molecular flexibility index (Phi) is 2.62. The highest BCUT2D eigenvalue weighted by Crippen LogP contribution is 2.54. The van der Waals surface area contributed by atoms with Gasteiger partial charge in [0.2, 0.25) is 0 Å². The molecule has 2 unspecified atom stereocenters. The van der Waals surface area contributed by atoms with Crippen molar-refractivity contribution in [1.82, 2.24) is 5.32 Å². The van der Waals surface area contributed by atoms with Crippen molar-refractivity contribution >= 4 is 0 Å². The Morgan fingerprint density at radius 1 is 1.41 bits per heavy atom. The lowest BCUT2D eigenvalue weighted by Gasteiger charge is -2.18. The molecule has 2 aliphatic rings. The third kappa shape index (κ3) is 2.06. The van der Waals surface area contributed by atoms with Gasteiger partial charge in [-0.25, -0.2) is 0 Å². The predicted octanol–water partition coefficient (Wildman–Crippen LogP) is 2.72. The van der Waals surface area contributed by atoms with Crippen molar-refractivity contribution in [2.24, 2.45) is 5.92 Å². The number of nitrogens with one attached hydrogen (secondary N) is 1. The lowest BCUT2D eigenvalue weighted by molar-refractivity contribution is 0.413. The molecule has 1 N–H and O–H groups in total. The van der Waals surface area contributed by atoms with Gasteiger partial charge in [-0.1, -0.05) is 19.1 Å². The summed E-state index contributed by atoms with van der Waals surface area (Å²) in [6, 6.07) is 9.39. The molecule has 2 aliphatic carbocycles. The molecule has 0 aromatic heterocycles. The van der Waals surface area contributed by atoms with Crippen LogP contribution in [0.1, 0.15) is 31.7 Å². The lowest BCUT2D eigenvalue weighted by atomic mass is 9.93. The average molecular weight is 231 g/mol. The molecule has 2 fully saturated rings. The molecular weight excluding hydrogens is 210 g/mol. The topological polar surface area (TPSA) is 21.3 Å². The average Bonchev–Trinajstić information content (AvgIpc) is 3.24. The van der Waals surface area contributed by atoms with Gasteiger partial charge in [-0.05, 0) is 42.9 Å². The fourth-order valence-electron chi connectivity index (χ4n) is 2.78. The second-order valence-corrected chi connectivity index (χ2v) is 5.65. The zero-order chi connectivity index (χ0) is 11.9. The number of methoxy groups -OCH3 is 1. The number of benzene rings is 1. The van der Waals surface area contributed by atoms with Crippen LogP contribution < -0.4 is 10.1 Å². The molecule has 0 bridgehead atoms. The van der Waals surface area contributed by atoms with E-state index in [1.807, 2.05) is 6.07 Å². The Balaban J connectivity index is 1.78. The van der Waals surface area contributed by atoms with Gasteiger partial charge in [0.1, 0.15) is 5.75 Å². The number of rotatable bonds is 5. The second-order valence-electron chi connectivity index (χ2n) is 5.65. The van der Waals surface area contributed by atoms with Crippen LogP contribution in [0.2, 0.25) is 0 Å². The highest BCUT2D eigenvalue weighted by molar-refractivity contribution is 5.39. The van der Waals surface area contributed by atoms with Gasteiger partial charge in [0.25, 0.3) is 0 Å². The van der Waals surface area contributed by atoms with E-state index in [1.165, 1.54) is 24.8 Å². The van der Waals surface area contributed by atoms with Gasteiger partial charge in [-0.2, -0.15) is 0 Å². The van der Waals surface area contributed by atoms with Crippen LogP contribution in [0, 0.1) is 5.92 Å². The normalized spacial score (nSPS) is 31.3. The van der Waals surface area contributed by atoms with Gasteiger partial charge in [-0.15, -0.1) is 0 Å². The predicted molar refractivity (Wildman–Crippen MR) is 69.5 cm³/mol. The van der Waals surface area contributed by atoms with Crippen LogP contribution in [0.3, 0.4) is 0 Å². The Bertz CT molecular complexity index is 413. The minimum atomic E-state index is 0.372. The van der Waals surface area contributed by atoms with Crippen LogP contribution >= 0.6 is 0 Å². The van der Waals surface area contributed by atoms with Gasteiger partial charge in [0, 0.05) is 18.0 Å². The summed E-state index contributed by atoms with van der Waals surface area (Å²) < 4.78 is 5.33. The highest BCUT2D eigenvalue weighted by Gasteiger charge is 2.52. The van der Waals surface area contributed by atoms with Crippen LogP contribution in [-0.2, 0) is 5.41 Å². The Hall–Kier alpha value is -1.02. The zero-order valence-corrected chi connectivity index (χ0v) is 10.7. The summed E-state index contributed by atoms with van der Waals surface area (Å²) in [5, 5.41) is 3.68. The minimum Gasteiger partial charge on any atom is -0.497 e. The van der Waals surface area contributed by atoms with Gasteiger partial charge in [0.15, 0.2) is 0 Å². The van der Waals surface area contributed by atoms with E-state index in [-0.39, 0.29) is 0 Å². The molecule has 3 rings (SSSR count). The molecule has 1 aromatic carbocycles. The van der Waals surface area contributed by atoms with Crippen LogP contribution in [-0.4, -0.2) is 19.7 Å². The van der Waals surface area contributed by atoms with Crippen LogP contribution in [0.5, 0.6) is 5.75 Å². The largest absolute Gasteiger partial charge is 0.497 e. The number of hydrogen-bond donors (Lipinski definition) is 1. The second kappa shape index (κ2) is 4.02. The molecule has 0 amide bonds. The standard InChI is InChI=1S/C15H21NO/c1-11-9-15(11,10-16-13-6-7-13)12-4-3-5-14(8-12)17-2/h3-5,8,11,13,16H,6-7,9-10H2,1-2H3. The van der Waals surface area contributed by atoms with E-state index in [0.717, 1.165) is 24.3 Å². The summed E-state index contributed by atoms with van der Waals surface area (Å²) in [6.07, 6.45) is 4.03.